The highest BCUT2D eigenvalue weighted by Gasteiger charge is 2.44. The van der Waals surface area contributed by atoms with E-state index in [1.54, 1.807) is 0 Å². The number of nitrogens with two attached hydrogens (primary N) is 1. The van der Waals surface area contributed by atoms with E-state index in [0.29, 0.717) is 0 Å². The molecule has 0 spiro atoms. The van der Waals surface area contributed by atoms with Crippen molar-refractivity contribution < 1.29 is 0 Å². The van der Waals surface area contributed by atoms with Crippen molar-refractivity contribution in [3.63, 3.8) is 0 Å². The van der Waals surface area contributed by atoms with E-state index in [9.17, 15) is 0 Å². The van der Waals surface area contributed by atoms with Gasteiger partial charge in [0, 0.05) is 6.04 Å². The highest BCUT2D eigenvalue weighted by molar-refractivity contribution is 5.00. The van der Waals surface area contributed by atoms with E-state index >= 15 is 0 Å². The molecule has 2 heteroatoms. The van der Waals surface area contributed by atoms with Crippen LogP contribution in [-0.2, 0) is 0 Å². The van der Waals surface area contributed by atoms with E-state index in [-0.39, 0.29) is 0 Å². The lowest BCUT2D eigenvalue weighted by atomic mass is 10.3. The van der Waals surface area contributed by atoms with Crippen LogP contribution >= 0.6 is 0 Å². The van der Waals surface area contributed by atoms with E-state index in [2.05, 4.69) is 19.2 Å². The zero-order chi connectivity index (χ0) is 6.85. The van der Waals surface area contributed by atoms with Crippen LogP contribution in [0.15, 0.2) is 0 Å². The summed E-state index contributed by atoms with van der Waals surface area (Å²) in [7, 11) is 0. The van der Waals surface area contributed by atoms with Crippen molar-refractivity contribution in [3.8, 4) is 0 Å². The lowest BCUT2D eigenvalue weighted by molar-refractivity contribution is 0.656. The number of hydrogen-bond donors (Lipinski definition) is 2. The Bertz CT molecular complexity index is 92.9. The first-order valence-electron chi connectivity index (χ1n) is 3.74. The summed E-state index contributed by atoms with van der Waals surface area (Å²) in [5.41, 5.74) is 5.50. The van der Waals surface area contributed by atoms with Crippen LogP contribution in [0, 0.1) is 11.8 Å². The van der Waals surface area contributed by atoms with E-state index in [4.69, 9.17) is 5.73 Å². The Morgan fingerprint density at radius 3 is 2.56 bits per heavy atom. The topological polar surface area (TPSA) is 38.0 Å². The molecule has 1 saturated carbocycles. The normalized spacial score (nSPS) is 41.0. The van der Waals surface area contributed by atoms with Gasteiger partial charge in [0.1, 0.15) is 0 Å². The Morgan fingerprint density at radius 1 is 1.56 bits per heavy atom. The Balaban J connectivity index is 2.17. The second-order valence-corrected chi connectivity index (χ2v) is 2.84. The third kappa shape index (κ3) is 1.25. The maximum atomic E-state index is 5.50. The van der Waals surface area contributed by atoms with Crippen LogP contribution in [0.2, 0.25) is 0 Å². The van der Waals surface area contributed by atoms with Crippen LogP contribution in [-0.4, -0.2) is 19.1 Å². The minimum absolute atomic E-state index is 0.722. The molecule has 1 rings (SSSR count). The summed E-state index contributed by atoms with van der Waals surface area (Å²) >= 11 is 0. The van der Waals surface area contributed by atoms with Gasteiger partial charge in [0.05, 0.1) is 0 Å². The summed E-state index contributed by atoms with van der Waals surface area (Å²) in [5.74, 6) is 1.57. The molecule has 0 aromatic heterocycles. The predicted octanol–water partition coefficient (Wildman–Crippen LogP) is 0.189. The second-order valence-electron chi connectivity index (χ2n) is 2.84. The molecule has 1 fully saturated rings. The number of hydrogen-bond acceptors (Lipinski definition) is 2. The fourth-order valence-corrected chi connectivity index (χ4v) is 1.48. The predicted molar refractivity (Wildman–Crippen MR) is 39.2 cm³/mol. The molecule has 3 atom stereocenters. The average molecular weight is 128 g/mol. The van der Waals surface area contributed by atoms with Crippen molar-refractivity contribution in [2.45, 2.75) is 19.9 Å². The molecule has 0 radical (unpaired) electrons. The Morgan fingerprint density at radius 2 is 2.22 bits per heavy atom. The zero-order valence-corrected chi connectivity index (χ0v) is 6.22. The van der Waals surface area contributed by atoms with Crippen molar-refractivity contribution in [2.75, 3.05) is 13.1 Å². The van der Waals surface area contributed by atoms with Gasteiger partial charge in [-0.2, -0.15) is 0 Å². The molecular weight excluding hydrogens is 112 g/mol. The molecule has 1 aliphatic rings. The van der Waals surface area contributed by atoms with Crippen LogP contribution in [0.3, 0.4) is 0 Å². The van der Waals surface area contributed by atoms with Gasteiger partial charge in [-0.1, -0.05) is 13.8 Å². The van der Waals surface area contributed by atoms with Crippen molar-refractivity contribution in [3.05, 3.63) is 0 Å². The summed E-state index contributed by atoms with van der Waals surface area (Å²) < 4.78 is 0. The van der Waals surface area contributed by atoms with Crippen LogP contribution in [0.4, 0.5) is 0 Å². The third-order valence-electron chi connectivity index (χ3n) is 2.27. The maximum absolute atomic E-state index is 5.50. The third-order valence-corrected chi connectivity index (χ3v) is 2.27. The van der Waals surface area contributed by atoms with Crippen LogP contribution in [0.5, 0.6) is 0 Å². The molecule has 3 unspecified atom stereocenters. The van der Waals surface area contributed by atoms with Crippen LogP contribution < -0.4 is 11.1 Å². The van der Waals surface area contributed by atoms with Gasteiger partial charge in [-0.05, 0) is 24.9 Å². The van der Waals surface area contributed by atoms with E-state index < -0.39 is 0 Å². The van der Waals surface area contributed by atoms with Crippen molar-refractivity contribution in [1.82, 2.24) is 5.32 Å². The minimum Gasteiger partial charge on any atom is -0.330 e. The summed E-state index contributed by atoms with van der Waals surface area (Å²) in [5, 5.41) is 3.39. The minimum atomic E-state index is 0.722. The molecule has 0 aromatic rings. The average Bonchev–Trinajstić information content (AvgIpc) is 2.44. The fraction of sp³-hybridized carbons (Fsp3) is 1.00. The summed E-state index contributed by atoms with van der Waals surface area (Å²) in [6.45, 7) is 6.31. The molecule has 54 valence electrons. The van der Waals surface area contributed by atoms with Crippen LogP contribution in [0.1, 0.15) is 13.8 Å². The summed E-state index contributed by atoms with van der Waals surface area (Å²) in [4.78, 5) is 0. The smallest absolute Gasteiger partial charge is 0.0140 e. The highest BCUT2D eigenvalue weighted by atomic mass is 15.0. The molecule has 0 saturated heterocycles. The molecule has 0 aromatic carbocycles. The standard InChI is InChI=1S/C7H16N2/c1-3-9-7-5(2)6(7)4-8/h5-7,9H,3-4,8H2,1-2H3. The Hall–Kier alpha value is -0.0800. The number of nitrogens with one attached hydrogen (secondary N) is 1. The molecule has 9 heavy (non-hydrogen) atoms. The van der Waals surface area contributed by atoms with E-state index in [0.717, 1.165) is 31.0 Å². The molecule has 0 heterocycles. The SMILES string of the molecule is CCNC1C(C)C1CN. The van der Waals surface area contributed by atoms with Gasteiger partial charge in [-0.15, -0.1) is 0 Å². The van der Waals surface area contributed by atoms with Gasteiger partial charge in [0.2, 0.25) is 0 Å². The zero-order valence-electron chi connectivity index (χ0n) is 6.22. The second kappa shape index (κ2) is 2.67. The lowest BCUT2D eigenvalue weighted by Gasteiger charge is -1.95. The quantitative estimate of drug-likeness (QED) is 0.569. The largest absolute Gasteiger partial charge is 0.330 e. The van der Waals surface area contributed by atoms with E-state index in [1.807, 2.05) is 0 Å². The molecule has 2 nitrogen and oxygen atoms in total. The van der Waals surface area contributed by atoms with Gasteiger partial charge in [-0.3, -0.25) is 0 Å². The van der Waals surface area contributed by atoms with Crippen molar-refractivity contribution >= 4 is 0 Å². The molecule has 1 aliphatic carbocycles. The van der Waals surface area contributed by atoms with Gasteiger partial charge < -0.3 is 11.1 Å². The first-order chi connectivity index (χ1) is 4.31. The van der Waals surface area contributed by atoms with Gasteiger partial charge >= 0.3 is 0 Å². The van der Waals surface area contributed by atoms with Crippen molar-refractivity contribution in [2.24, 2.45) is 17.6 Å². The summed E-state index contributed by atoms with van der Waals surface area (Å²) in [6, 6.07) is 0.722. The Kier molecular flexibility index (Phi) is 2.09. The molecule has 0 aliphatic heterocycles. The molecule has 0 bridgehead atoms. The summed E-state index contributed by atoms with van der Waals surface area (Å²) in [6.07, 6.45) is 0. The van der Waals surface area contributed by atoms with Crippen LogP contribution in [0.25, 0.3) is 0 Å². The Labute approximate surface area is 56.8 Å². The van der Waals surface area contributed by atoms with E-state index in [1.165, 1.54) is 0 Å². The lowest BCUT2D eigenvalue weighted by Crippen LogP contribution is -2.20. The number of rotatable bonds is 3. The highest BCUT2D eigenvalue weighted by Crippen LogP contribution is 2.36. The van der Waals surface area contributed by atoms with Gasteiger partial charge in [0.15, 0.2) is 0 Å². The monoisotopic (exact) mass is 128 g/mol. The van der Waals surface area contributed by atoms with Gasteiger partial charge in [0.25, 0.3) is 0 Å². The first kappa shape index (κ1) is 7.03. The molecular formula is C7H16N2. The van der Waals surface area contributed by atoms with Gasteiger partial charge in [-0.25, -0.2) is 0 Å². The first-order valence-corrected chi connectivity index (χ1v) is 3.74. The fourth-order valence-electron chi connectivity index (χ4n) is 1.48. The molecule has 3 N–H and O–H groups in total. The molecule has 0 amide bonds. The maximum Gasteiger partial charge on any atom is 0.0140 e. The van der Waals surface area contributed by atoms with Crippen molar-refractivity contribution in [1.29, 1.82) is 0 Å².